The SMILES string of the molecule is NC(=S)CCN(C1CC1)S(=O)(=O)C1CCS(=O)(=O)CC1. The zero-order chi connectivity index (χ0) is 15.0. The van der Waals surface area contributed by atoms with Crippen molar-refractivity contribution >= 4 is 37.1 Å². The lowest BCUT2D eigenvalue weighted by Crippen LogP contribution is -2.44. The van der Waals surface area contributed by atoms with Crippen molar-refractivity contribution in [3.05, 3.63) is 0 Å². The first kappa shape index (κ1) is 16.1. The monoisotopic (exact) mass is 340 g/mol. The number of hydrogen-bond donors (Lipinski definition) is 1. The van der Waals surface area contributed by atoms with E-state index in [1.807, 2.05) is 0 Å². The molecule has 1 saturated carbocycles. The van der Waals surface area contributed by atoms with Crippen LogP contribution in [0.2, 0.25) is 0 Å². The Morgan fingerprint density at radius 2 is 1.75 bits per heavy atom. The number of thiocarbonyl (C=S) groups is 1. The molecule has 0 unspecified atom stereocenters. The summed E-state index contributed by atoms with van der Waals surface area (Å²) in [5.41, 5.74) is 5.45. The normalized spacial score (nSPS) is 23.9. The molecule has 0 spiro atoms. The van der Waals surface area contributed by atoms with Crippen LogP contribution in [0.15, 0.2) is 0 Å². The summed E-state index contributed by atoms with van der Waals surface area (Å²) >= 11 is 4.81. The van der Waals surface area contributed by atoms with Gasteiger partial charge in [-0.2, -0.15) is 4.31 Å². The molecule has 116 valence electrons. The standard InChI is InChI=1S/C11H20N2O4S3/c12-11(18)3-6-13(9-1-2-9)20(16,17)10-4-7-19(14,15)8-5-10/h9-10H,1-8H2,(H2,12,18). The van der Waals surface area contributed by atoms with Crippen LogP contribution < -0.4 is 5.73 Å². The minimum absolute atomic E-state index is 0.0370. The second kappa shape index (κ2) is 5.86. The first-order chi connectivity index (χ1) is 9.22. The highest BCUT2D eigenvalue weighted by atomic mass is 32.2. The number of sulfonamides is 1. The molecule has 20 heavy (non-hydrogen) atoms. The molecule has 2 rings (SSSR count). The van der Waals surface area contributed by atoms with Crippen molar-refractivity contribution in [2.24, 2.45) is 5.73 Å². The third-order valence-electron chi connectivity index (χ3n) is 3.78. The maximum Gasteiger partial charge on any atom is 0.217 e. The Morgan fingerprint density at radius 1 is 1.20 bits per heavy atom. The third-order valence-corrected chi connectivity index (χ3v) is 8.15. The molecule has 1 aliphatic carbocycles. The van der Waals surface area contributed by atoms with Gasteiger partial charge in [-0.3, -0.25) is 0 Å². The Hall–Kier alpha value is -0.250. The van der Waals surface area contributed by atoms with Crippen molar-refractivity contribution in [2.75, 3.05) is 18.1 Å². The summed E-state index contributed by atoms with van der Waals surface area (Å²) in [6.07, 6.45) is 2.49. The molecule has 6 nitrogen and oxygen atoms in total. The summed E-state index contributed by atoms with van der Waals surface area (Å²) in [5.74, 6) is -0.0740. The van der Waals surface area contributed by atoms with E-state index >= 15 is 0 Å². The van der Waals surface area contributed by atoms with Crippen molar-refractivity contribution in [1.29, 1.82) is 0 Å². The van der Waals surface area contributed by atoms with E-state index in [4.69, 9.17) is 18.0 Å². The highest BCUT2D eigenvalue weighted by Gasteiger charge is 2.42. The van der Waals surface area contributed by atoms with Crippen LogP contribution in [-0.2, 0) is 19.9 Å². The molecule has 0 atom stereocenters. The molecule has 9 heteroatoms. The molecule has 0 aromatic rings. The van der Waals surface area contributed by atoms with Crippen LogP contribution in [0.4, 0.5) is 0 Å². The molecule has 0 aromatic heterocycles. The van der Waals surface area contributed by atoms with Gasteiger partial charge in [-0.05, 0) is 25.7 Å². The summed E-state index contributed by atoms with van der Waals surface area (Å²) in [5, 5.41) is -0.585. The molecule has 1 heterocycles. The van der Waals surface area contributed by atoms with E-state index in [9.17, 15) is 16.8 Å². The van der Waals surface area contributed by atoms with Crippen LogP contribution in [0, 0.1) is 0 Å². The van der Waals surface area contributed by atoms with Gasteiger partial charge in [0, 0.05) is 19.0 Å². The predicted molar refractivity (Wildman–Crippen MR) is 81.7 cm³/mol. The van der Waals surface area contributed by atoms with Gasteiger partial charge in [-0.25, -0.2) is 16.8 Å². The smallest absolute Gasteiger partial charge is 0.217 e. The molecule has 0 bridgehead atoms. The van der Waals surface area contributed by atoms with E-state index in [1.165, 1.54) is 4.31 Å². The minimum atomic E-state index is -3.45. The first-order valence-electron chi connectivity index (χ1n) is 6.72. The van der Waals surface area contributed by atoms with Crippen molar-refractivity contribution in [3.8, 4) is 0 Å². The maximum absolute atomic E-state index is 12.6. The Balaban J connectivity index is 2.08. The number of nitrogens with zero attached hydrogens (tertiary/aromatic N) is 1. The van der Waals surface area contributed by atoms with E-state index in [-0.39, 0.29) is 30.4 Å². The molecule has 2 aliphatic rings. The lowest BCUT2D eigenvalue weighted by atomic mass is 10.2. The lowest BCUT2D eigenvalue weighted by Gasteiger charge is -2.29. The van der Waals surface area contributed by atoms with Gasteiger partial charge in [0.1, 0.15) is 9.84 Å². The number of sulfone groups is 1. The molecular formula is C11H20N2O4S3. The molecule has 1 aliphatic heterocycles. The average Bonchev–Trinajstić information content (AvgIpc) is 3.12. The first-order valence-corrected chi connectivity index (χ1v) is 10.4. The zero-order valence-corrected chi connectivity index (χ0v) is 13.6. The van der Waals surface area contributed by atoms with Gasteiger partial charge in [0.15, 0.2) is 0 Å². The van der Waals surface area contributed by atoms with E-state index < -0.39 is 25.1 Å². The van der Waals surface area contributed by atoms with Crippen molar-refractivity contribution in [1.82, 2.24) is 4.31 Å². The van der Waals surface area contributed by atoms with Crippen LogP contribution in [0.3, 0.4) is 0 Å². The van der Waals surface area contributed by atoms with Gasteiger partial charge in [-0.1, -0.05) is 12.2 Å². The summed E-state index contributed by atoms with van der Waals surface area (Å²) < 4.78 is 49.6. The quantitative estimate of drug-likeness (QED) is 0.685. The molecule has 0 amide bonds. The van der Waals surface area contributed by atoms with Crippen LogP contribution >= 0.6 is 12.2 Å². The van der Waals surface area contributed by atoms with Crippen LogP contribution in [-0.4, -0.2) is 55.5 Å². The fraction of sp³-hybridized carbons (Fsp3) is 0.909. The van der Waals surface area contributed by atoms with Gasteiger partial charge >= 0.3 is 0 Å². The summed E-state index contributed by atoms with van der Waals surface area (Å²) in [7, 11) is -6.51. The summed E-state index contributed by atoms with van der Waals surface area (Å²) in [4.78, 5) is 0.303. The molecule has 2 N–H and O–H groups in total. The summed E-state index contributed by atoms with van der Waals surface area (Å²) in [6, 6.07) is 0.0490. The molecule has 1 saturated heterocycles. The Bertz CT molecular complexity index is 567. The third kappa shape index (κ3) is 3.90. The number of nitrogens with two attached hydrogens (primary N) is 1. The van der Waals surface area contributed by atoms with Crippen molar-refractivity contribution < 1.29 is 16.8 Å². The highest BCUT2D eigenvalue weighted by molar-refractivity contribution is 7.92. The largest absolute Gasteiger partial charge is 0.393 e. The Morgan fingerprint density at radius 3 is 2.20 bits per heavy atom. The van der Waals surface area contributed by atoms with Crippen LogP contribution in [0.5, 0.6) is 0 Å². The van der Waals surface area contributed by atoms with Crippen LogP contribution in [0.1, 0.15) is 32.1 Å². The fourth-order valence-electron chi connectivity index (χ4n) is 2.46. The van der Waals surface area contributed by atoms with Gasteiger partial charge in [0.05, 0.1) is 21.7 Å². The number of hydrogen-bond acceptors (Lipinski definition) is 5. The molecule has 0 radical (unpaired) electrons. The van der Waals surface area contributed by atoms with E-state index in [0.29, 0.717) is 18.0 Å². The second-order valence-electron chi connectivity index (χ2n) is 5.45. The second-order valence-corrected chi connectivity index (χ2v) is 10.4. The van der Waals surface area contributed by atoms with Crippen molar-refractivity contribution in [2.45, 2.75) is 43.4 Å². The molecular weight excluding hydrogens is 320 g/mol. The maximum atomic E-state index is 12.6. The zero-order valence-electron chi connectivity index (χ0n) is 11.2. The van der Waals surface area contributed by atoms with Crippen LogP contribution in [0.25, 0.3) is 0 Å². The Kier molecular flexibility index (Phi) is 4.73. The van der Waals surface area contributed by atoms with Gasteiger partial charge in [0.2, 0.25) is 10.0 Å². The summed E-state index contributed by atoms with van der Waals surface area (Å²) in [6.45, 7) is 0.311. The minimum Gasteiger partial charge on any atom is -0.393 e. The van der Waals surface area contributed by atoms with Crippen molar-refractivity contribution in [3.63, 3.8) is 0 Å². The number of rotatable bonds is 6. The van der Waals surface area contributed by atoms with Gasteiger partial charge in [0.25, 0.3) is 0 Å². The average molecular weight is 340 g/mol. The van der Waals surface area contributed by atoms with Gasteiger partial charge < -0.3 is 5.73 Å². The highest BCUT2D eigenvalue weighted by Crippen LogP contribution is 2.33. The van der Waals surface area contributed by atoms with E-state index in [1.54, 1.807) is 0 Å². The topological polar surface area (TPSA) is 97.5 Å². The predicted octanol–water partition coefficient (Wildman–Crippen LogP) is 0.0340. The van der Waals surface area contributed by atoms with Gasteiger partial charge in [-0.15, -0.1) is 0 Å². The van der Waals surface area contributed by atoms with E-state index in [2.05, 4.69) is 0 Å². The van der Waals surface area contributed by atoms with E-state index in [0.717, 1.165) is 12.8 Å². The molecule has 2 fully saturated rings. The molecule has 0 aromatic carbocycles. The lowest BCUT2D eigenvalue weighted by molar-refractivity contribution is 0.401. The Labute approximate surface area is 125 Å². The fourth-order valence-corrected chi connectivity index (χ4v) is 6.53.